The first kappa shape index (κ1) is 20.3. The van der Waals surface area contributed by atoms with Gasteiger partial charge in [0.25, 0.3) is 5.91 Å². The number of pyridine rings is 2. The van der Waals surface area contributed by atoms with Crippen molar-refractivity contribution in [1.29, 1.82) is 5.26 Å². The maximum atomic E-state index is 11.7. The molecule has 0 radical (unpaired) electrons. The molecule has 1 amide bonds. The number of piperazine rings is 1. The van der Waals surface area contributed by atoms with Crippen molar-refractivity contribution in [2.75, 3.05) is 31.1 Å². The topological polar surface area (TPSA) is 95.4 Å². The van der Waals surface area contributed by atoms with Crippen LogP contribution >= 0.6 is 0 Å². The molecule has 33 heavy (non-hydrogen) atoms. The van der Waals surface area contributed by atoms with Crippen molar-refractivity contribution in [3.05, 3.63) is 54.6 Å². The van der Waals surface area contributed by atoms with E-state index in [1.165, 1.54) is 0 Å². The second kappa shape index (κ2) is 8.13. The van der Waals surface area contributed by atoms with Crippen LogP contribution in [0.2, 0.25) is 0 Å². The van der Waals surface area contributed by atoms with E-state index in [9.17, 15) is 10.1 Å². The van der Waals surface area contributed by atoms with Crippen molar-refractivity contribution < 1.29 is 4.79 Å². The molecule has 162 valence electrons. The van der Waals surface area contributed by atoms with Crippen LogP contribution in [0.5, 0.6) is 0 Å². The van der Waals surface area contributed by atoms with Gasteiger partial charge in [-0.1, -0.05) is 0 Å². The van der Waals surface area contributed by atoms with E-state index in [0.29, 0.717) is 31.7 Å². The van der Waals surface area contributed by atoms with Crippen molar-refractivity contribution in [2.24, 2.45) is 7.05 Å². The number of carbonyl (C=O) groups is 1. The third-order valence-corrected chi connectivity index (χ3v) is 5.81. The summed E-state index contributed by atoms with van der Waals surface area (Å²) in [6.07, 6.45) is 12.4. The minimum absolute atomic E-state index is 0.274. The molecule has 1 saturated heterocycles. The molecule has 9 nitrogen and oxygen atoms in total. The summed E-state index contributed by atoms with van der Waals surface area (Å²) in [5.74, 6) is 2.73. The maximum absolute atomic E-state index is 11.7. The normalized spacial score (nSPS) is 13.7. The van der Waals surface area contributed by atoms with E-state index < -0.39 is 0 Å². The van der Waals surface area contributed by atoms with E-state index in [1.807, 2.05) is 43.7 Å². The minimum Gasteiger partial charge on any atom is -0.353 e. The molecule has 4 aromatic rings. The van der Waals surface area contributed by atoms with Crippen LogP contribution < -0.4 is 4.90 Å². The van der Waals surface area contributed by atoms with Gasteiger partial charge in [0.15, 0.2) is 0 Å². The number of hydrogen-bond acceptors (Lipinski definition) is 6. The van der Waals surface area contributed by atoms with Crippen LogP contribution in [0.1, 0.15) is 5.56 Å². The molecule has 4 aromatic heterocycles. The van der Waals surface area contributed by atoms with E-state index in [0.717, 1.165) is 33.7 Å². The lowest BCUT2D eigenvalue weighted by Gasteiger charge is -2.34. The average molecular weight is 436 g/mol. The van der Waals surface area contributed by atoms with Gasteiger partial charge in [0.1, 0.15) is 11.9 Å². The lowest BCUT2D eigenvalue weighted by atomic mass is 10.0. The van der Waals surface area contributed by atoms with Gasteiger partial charge in [-0.15, -0.1) is 6.42 Å². The van der Waals surface area contributed by atoms with Gasteiger partial charge in [-0.2, -0.15) is 15.5 Å². The lowest BCUT2D eigenvalue weighted by Crippen LogP contribution is -2.48. The van der Waals surface area contributed by atoms with Crippen LogP contribution in [0, 0.1) is 23.7 Å². The van der Waals surface area contributed by atoms with E-state index in [1.54, 1.807) is 26.5 Å². The summed E-state index contributed by atoms with van der Waals surface area (Å²) in [7, 11) is 1.87. The van der Waals surface area contributed by atoms with Gasteiger partial charge in [0.2, 0.25) is 0 Å². The Morgan fingerprint density at radius 1 is 1.12 bits per heavy atom. The average Bonchev–Trinajstić information content (AvgIpc) is 3.49. The highest BCUT2D eigenvalue weighted by molar-refractivity contribution is 5.93. The van der Waals surface area contributed by atoms with Crippen LogP contribution in [-0.4, -0.2) is 61.4 Å². The Morgan fingerprint density at radius 2 is 1.94 bits per heavy atom. The number of aryl methyl sites for hydroxylation is 1. The minimum atomic E-state index is -0.274. The number of anilines is 1. The highest BCUT2D eigenvalue weighted by Gasteiger charge is 2.21. The predicted octanol–water partition coefficient (Wildman–Crippen LogP) is 1.95. The first-order chi connectivity index (χ1) is 16.1. The number of nitriles is 1. The Labute approximate surface area is 190 Å². The van der Waals surface area contributed by atoms with Crippen molar-refractivity contribution in [2.45, 2.75) is 0 Å². The lowest BCUT2D eigenvalue weighted by molar-refractivity contribution is -0.125. The van der Waals surface area contributed by atoms with E-state index in [-0.39, 0.29) is 5.91 Å². The largest absolute Gasteiger partial charge is 0.353 e. The van der Waals surface area contributed by atoms with Gasteiger partial charge in [-0.3, -0.25) is 9.48 Å². The van der Waals surface area contributed by atoms with E-state index >= 15 is 0 Å². The highest BCUT2D eigenvalue weighted by Crippen LogP contribution is 2.32. The van der Waals surface area contributed by atoms with E-state index in [2.05, 4.69) is 32.1 Å². The quantitative estimate of drug-likeness (QED) is 0.456. The molecule has 0 spiro atoms. The molecule has 0 bridgehead atoms. The number of hydrogen-bond donors (Lipinski definition) is 0. The number of nitrogens with zero attached hydrogens (tertiary/aromatic N) is 8. The molecular weight excluding hydrogens is 416 g/mol. The first-order valence-corrected chi connectivity index (χ1v) is 10.5. The van der Waals surface area contributed by atoms with Gasteiger partial charge in [-0.05, 0) is 30.2 Å². The Morgan fingerprint density at radius 3 is 2.58 bits per heavy atom. The smallest absolute Gasteiger partial charge is 0.298 e. The summed E-state index contributed by atoms with van der Waals surface area (Å²) in [6, 6.07) is 10.1. The fraction of sp³-hybridized carbons (Fsp3) is 0.208. The number of fused-ring (bicyclic) bond motifs is 1. The summed E-state index contributed by atoms with van der Waals surface area (Å²) in [4.78, 5) is 20.2. The number of rotatable bonds is 3. The Bertz CT molecular complexity index is 1430. The van der Waals surface area contributed by atoms with Gasteiger partial charge in [-0.25, -0.2) is 9.50 Å². The fourth-order valence-electron chi connectivity index (χ4n) is 4.09. The molecule has 1 aliphatic heterocycles. The third kappa shape index (κ3) is 3.66. The zero-order valence-electron chi connectivity index (χ0n) is 18.0. The number of aromatic nitrogens is 5. The Hall–Kier alpha value is -4.63. The van der Waals surface area contributed by atoms with Crippen molar-refractivity contribution >= 4 is 17.2 Å². The number of amides is 1. The zero-order chi connectivity index (χ0) is 22.9. The Kier molecular flexibility index (Phi) is 5.00. The molecule has 0 unspecified atom stereocenters. The summed E-state index contributed by atoms with van der Waals surface area (Å²) in [5, 5.41) is 18.5. The van der Waals surface area contributed by atoms with Gasteiger partial charge in [0.05, 0.1) is 23.0 Å². The van der Waals surface area contributed by atoms with Gasteiger partial charge < -0.3 is 9.80 Å². The molecule has 0 aromatic carbocycles. The highest BCUT2D eigenvalue weighted by atomic mass is 16.2. The molecule has 9 heteroatoms. The molecule has 1 aliphatic rings. The molecule has 0 saturated carbocycles. The molecule has 5 heterocycles. The molecule has 0 N–H and O–H groups in total. The fourth-order valence-corrected chi connectivity index (χ4v) is 4.09. The van der Waals surface area contributed by atoms with Crippen LogP contribution in [0.3, 0.4) is 0 Å². The molecule has 1 fully saturated rings. The monoisotopic (exact) mass is 436 g/mol. The third-order valence-electron chi connectivity index (χ3n) is 5.81. The molecular formula is C24H20N8O. The standard InChI is InChI=1S/C24H20N8O/c1-3-23(33)31-10-8-30(9-11-31)22-5-4-17(14-26-22)20-12-18(21-6-7-29(2)28-21)16-32-24(20)19(13-25)15-27-32/h1,4-7,12,14-16H,8-11H2,2H3. The van der Waals surface area contributed by atoms with Crippen molar-refractivity contribution in [3.8, 4) is 40.8 Å². The second-order valence-corrected chi connectivity index (χ2v) is 7.81. The SMILES string of the molecule is C#CC(=O)N1CCN(c2ccc(-c3cc(-c4ccn(C)n4)cn4ncc(C#N)c34)cn2)CC1. The zero-order valence-corrected chi connectivity index (χ0v) is 18.0. The predicted molar refractivity (Wildman–Crippen MR) is 123 cm³/mol. The van der Waals surface area contributed by atoms with E-state index in [4.69, 9.17) is 6.42 Å². The van der Waals surface area contributed by atoms with Gasteiger partial charge in [0, 0.05) is 68.5 Å². The van der Waals surface area contributed by atoms with Crippen LogP contribution in [0.15, 0.2) is 49.1 Å². The van der Waals surface area contributed by atoms with Crippen molar-refractivity contribution in [3.63, 3.8) is 0 Å². The molecule has 0 aliphatic carbocycles. The van der Waals surface area contributed by atoms with Crippen LogP contribution in [0.25, 0.3) is 27.9 Å². The summed E-state index contributed by atoms with van der Waals surface area (Å²) in [5.41, 5.74) is 4.67. The molecule has 5 rings (SSSR count). The molecule has 0 atom stereocenters. The summed E-state index contributed by atoms with van der Waals surface area (Å²) in [6.45, 7) is 2.47. The Balaban J connectivity index is 1.49. The second-order valence-electron chi connectivity index (χ2n) is 7.81. The summed E-state index contributed by atoms with van der Waals surface area (Å²) >= 11 is 0. The maximum Gasteiger partial charge on any atom is 0.298 e. The first-order valence-electron chi connectivity index (χ1n) is 10.5. The number of terminal acetylenes is 1. The van der Waals surface area contributed by atoms with Crippen LogP contribution in [-0.2, 0) is 11.8 Å². The van der Waals surface area contributed by atoms with Crippen LogP contribution in [0.4, 0.5) is 5.82 Å². The van der Waals surface area contributed by atoms with Gasteiger partial charge >= 0.3 is 0 Å². The number of carbonyl (C=O) groups excluding carboxylic acids is 1. The summed E-state index contributed by atoms with van der Waals surface area (Å²) < 4.78 is 3.46. The van der Waals surface area contributed by atoms with Crippen molar-refractivity contribution in [1.82, 2.24) is 29.3 Å².